The van der Waals surface area contributed by atoms with Crippen LogP contribution in [0.4, 0.5) is 0 Å². The molecule has 2 rings (SSSR count). The first kappa shape index (κ1) is 6.28. The summed E-state index contributed by atoms with van der Waals surface area (Å²) in [6.45, 7) is 0.892. The van der Waals surface area contributed by atoms with Crippen molar-refractivity contribution in [2.75, 3.05) is 0 Å². The van der Waals surface area contributed by atoms with Gasteiger partial charge in [0, 0.05) is 18.0 Å². The standard InChI is InChI=1S/C9H9NO/c1-2-5-10(4-1)7-9-3-6-11-8-9/h1-6,8H,7H2. The summed E-state index contributed by atoms with van der Waals surface area (Å²) in [6.07, 6.45) is 7.53. The topological polar surface area (TPSA) is 18.1 Å². The van der Waals surface area contributed by atoms with Gasteiger partial charge in [0.1, 0.15) is 0 Å². The lowest BCUT2D eigenvalue weighted by Gasteiger charge is -1.96. The third kappa shape index (κ3) is 1.34. The van der Waals surface area contributed by atoms with Crippen LogP contribution in [0.15, 0.2) is 47.5 Å². The molecule has 0 aliphatic heterocycles. The van der Waals surface area contributed by atoms with Gasteiger partial charge in [-0.25, -0.2) is 0 Å². The molecule has 0 aliphatic rings. The van der Waals surface area contributed by atoms with E-state index >= 15 is 0 Å². The van der Waals surface area contributed by atoms with Gasteiger partial charge in [-0.3, -0.25) is 0 Å². The number of hydrogen-bond donors (Lipinski definition) is 0. The van der Waals surface area contributed by atoms with Crippen LogP contribution in [-0.4, -0.2) is 4.57 Å². The summed E-state index contributed by atoms with van der Waals surface area (Å²) in [5.41, 5.74) is 1.20. The highest BCUT2D eigenvalue weighted by atomic mass is 16.3. The van der Waals surface area contributed by atoms with Gasteiger partial charge in [0.05, 0.1) is 19.1 Å². The number of hydrogen-bond acceptors (Lipinski definition) is 1. The molecule has 0 N–H and O–H groups in total. The number of rotatable bonds is 2. The molecular formula is C9H9NO. The largest absolute Gasteiger partial charge is 0.472 e. The van der Waals surface area contributed by atoms with Crippen LogP contribution >= 0.6 is 0 Å². The highest BCUT2D eigenvalue weighted by molar-refractivity contribution is 5.07. The van der Waals surface area contributed by atoms with E-state index in [-0.39, 0.29) is 0 Å². The van der Waals surface area contributed by atoms with Crippen molar-refractivity contribution in [3.05, 3.63) is 48.7 Å². The van der Waals surface area contributed by atoms with E-state index in [1.54, 1.807) is 12.5 Å². The Bertz CT molecular complexity index is 262. The first-order valence-electron chi connectivity index (χ1n) is 3.57. The lowest BCUT2D eigenvalue weighted by Crippen LogP contribution is -1.93. The zero-order chi connectivity index (χ0) is 7.52. The Balaban J connectivity index is 2.14. The molecule has 56 valence electrons. The van der Waals surface area contributed by atoms with Crippen molar-refractivity contribution in [1.29, 1.82) is 0 Å². The van der Waals surface area contributed by atoms with Gasteiger partial charge in [0.25, 0.3) is 0 Å². The van der Waals surface area contributed by atoms with Crippen LogP contribution in [-0.2, 0) is 6.54 Å². The predicted molar refractivity (Wildman–Crippen MR) is 42.2 cm³/mol. The summed E-state index contributed by atoms with van der Waals surface area (Å²) in [5, 5.41) is 0. The third-order valence-electron chi connectivity index (χ3n) is 1.61. The minimum Gasteiger partial charge on any atom is -0.472 e. The van der Waals surface area contributed by atoms with Crippen molar-refractivity contribution in [3.63, 3.8) is 0 Å². The van der Waals surface area contributed by atoms with Gasteiger partial charge >= 0.3 is 0 Å². The highest BCUT2D eigenvalue weighted by Gasteiger charge is 1.93. The number of furan rings is 1. The molecule has 0 spiro atoms. The van der Waals surface area contributed by atoms with Crippen LogP contribution in [0, 0.1) is 0 Å². The van der Waals surface area contributed by atoms with Crippen LogP contribution in [0.2, 0.25) is 0 Å². The normalized spacial score (nSPS) is 10.2. The van der Waals surface area contributed by atoms with Crippen LogP contribution in [0.3, 0.4) is 0 Å². The molecule has 0 bridgehead atoms. The second kappa shape index (κ2) is 2.66. The van der Waals surface area contributed by atoms with E-state index in [1.807, 2.05) is 30.6 Å². The minimum atomic E-state index is 0.892. The van der Waals surface area contributed by atoms with Crippen LogP contribution in [0.1, 0.15) is 5.56 Å². The van der Waals surface area contributed by atoms with E-state index in [9.17, 15) is 0 Å². The Morgan fingerprint density at radius 3 is 2.73 bits per heavy atom. The third-order valence-corrected chi connectivity index (χ3v) is 1.61. The van der Waals surface area contributed by atoms with E-state index in [4.69, 9.17) is 4.42 Å². The van der Waals surface area contributed by atoms with Gasteiger partial charge < -0.3 is 8.98 Å². The van der Waals surface area contributed by atoms with Gasteiger partial charge in [0.2, 0.25) is 0 Å². The van der Waals surface area contributed by atoms with Gasteiger partial charge in [-0.15, -0.1) is 0 Å². The maximum Gasteiger partial charge on any atom is 0.0952 e. The van der Waals surface area contributed by atoms with Crippen molar-refractivity contribution in [1.82, 2.24) is 4.57 Å². The summed E-state index contributed by atoms with van der Waals surface area (Å²) in [6, 6.07) is 6.00. The molecule has 0 aliphatic carbocycles. The SMILES string of the molecule is c1ccn(Cc2ccoc2)c1. The van der Waals surface area contributed by atoms with Gasteiger partial charge in [-0.05, 0) is 18.2 Å². The second-order valence-electron chi connectivity index (χ2n) is 2.49. The number of nitrogens with zero attached hydrogens (tertiary/aromatic N) is 1. The summed E-state index contributed by atoms with van der Waals surface area (Å²) < 4.78 is 7.05. The Kier molecular flexibility index (Phi) is 1.52. The molecule has 0 saturated heterocycles. The van der Waals surface area contributed by atoms with E-state index in [2.05, 4.69) is 4.57 Å². The molecule has 0 unspecified atom stereocenters. The minimum absolute atomic E-state index is 0.892. The van der Waals surface area contributed by atoms with Crippen molar-refractivity contribution in [2.24, 2.45) is 0 Å². The molecule has 2 heteroatoms. The summed E-state index contributed by atoms with van der Waals surface area (Å²) >= 11 is 0. The molecule has 0 aromatic carbocycles. The van der Waals surface area contributed by atoms with Gasteiger partial charge in [-0.1, -0.05) is 0 Å². The molecular weight excluding hydrogens is 138 g/mol. The Labute approximate surface area is 65.1 Å². The Morgan fingerprint density at radius 2 is 2.09 bits per heavy atom. The van der Waals surface area contributed by atoms with Crippen molar-refractivity contribution in [3.8, 4) is 0 Å². The summed E-state index contributed by atoms with van der Waals surface area (Å²) in [4.78, 5) is 0. The van der Waals surface area contributed by atoms with Crippen molar-refractivity contribution < 1.29 is 4.42 Å². The number of aromatic nitrogens is 1. The smallest absolute Gasteiger partial charge is 0.0952 e. The lowest BCUT2D eigenvalue weighted by atomic mass is 10.3. The molecule has 2 heterocycles. The van der Waals surface area contributed by atoms with Gasteiger partial charge in [0.15, 0.2) is 0 Å². The molecule has 0 fully saturated rings. The van der Waals surface area contributed by atoms with E-state index in [0.717, 1.165) is 6.54 Å². The average Bonchev–Trinajstić information content (AvgIpc) is 2.60. The predicted octanol–water partition coefficient (Wildman–Crippen LogP) is 2.13. The monoisotopic (exact) mass is 147 g/mol. The van der Waals surface area contributed by atoms with Crippen LogP contribution in [0.5, 0.6) is 0 Å². The van der Waals surface area contributed by atoms with E-state index in [0.29, 0.717) is 0 Å². The molecule has 0 saturated carbocycles. The first-order valence-corrected chi connectivity index (χ1v) is 3.57. The molecule has 11 heavy (non-hydrogen) atoms. The molecule has 2 nitrogen and oxygen atoms in total. The molecule has 0 radical (unpaired) electrons. The maximum atomic E-state index is 4.95. The molecule has 2 aromatic rings. The Morgan fingerprint density at radius 1 is 1.27 bits per heavy atom. The fourth-order valence-corrected chi connectivity index (χ4v) is 1.07. The molecule has 0 atom stereocenters. The van der Waals surface area contributed by atoms with Crippen LogP contribution < -0.4 is 0 Å². The summed E-state index contributed by atoms with van der Waals surface area (Å²) in [7, 11) is 0. The van der Waals surface area contributed by atoms with Crippen molar-refractivity contribution in [2.45, 2.75) is 6.54 Å². The average molecular weight is 147 g/mol. The van der Waals surface area contributed by atoms with Crippen LogP contribution in [0.25, 0.3) is 0 Å². The maximum absolute atomic E-state index is 4.95. The molecule has 0 amide bonds. The second-order valence-corrected chi connectivity index (χ2v) is 2.49. The zero-order valence-electron chi connectivity index (χ0n) is 6.10. The zero-order valence-corrected chi connectivity index (χ0v) is 6.10. The van der Waals surface area contributed by atoms with Crippen molar-refractivity contribution >= 4 is 0 Å². The summed E-state index contributed by atoms with van der Waals surface area (Å²) in [5.74, 6) is 0. The van der Waals surface area contributed by atoms with Gasteiger partial charge in [-0.2, -0.15) is 0 Å². The fourth-order valence-electron chi connectivity index (χ4n) is 1.07. The van der Waals surface area contributed by atoms with E-state index < -0.39 is 0 Å². The fraction of sp³-hybridized carbons (Fsp3) is 0.111. The molecule has 2 aromatic heterocycles. The Hall–Kier alpha value is -1.44. The quantitative estimate of drug-likeness (QED) is 0.636. The first-order chi connectivity index (χ1) is 5.45. The lowest BCUT2D eigenvalue weighted by molar-refractivity contribution is 0.562. The highest BCUT2D eigenvalue weighted by Crippen LogP contribution is 2.02. The van der Waals surface area contributed by atoms with E-state index in [1.165, 1.54) is 5.56 Å².